The summed E-state index contributed by atoms with van der Waals surface area (Å²) in [4.78, 5) is 33.5. The molecule has 0 radical (unpaired) electrons. The van der Waals surface area contributed by atoms with Gasteiger partial charge in [0.15, 0.2) is 4.75 Å². The maximum atomic E-state index is 13.4. The van der Waals surface area contributed by atoms with Gasteiger partial charge in [0.2, 0.25) is 0 Å². The molecule has 0 spiro atoms. The summed E-state index contributed by atoms with van der Waals surface area (Å²) in [6, 6.07) is 13.0. The zero-order valence-electron chi connectivity index (χ0n) is 15.7. The van der Waals surface area contributed by atoms with E-state index in [0.29, 0.717) is 31.0 Å². The van der Waals surface area contributed by atoms with E-state index in [1.807, 2.05) is 36.4 Å². The van der Waals surface area contributed by atoms with Crippen LogP contribution in [0, 0.1) is 0 Å². The largest absolute Gasteiger partial charge is 0.496 e. The molecule has 0 aliphatic carbocycles. The lowest BCUT2D eigenvalue weighted by molar-refractivity contribution is -0.133. The summed E-state index contributed by atoms with van der Waals surface area (Å²) < 4.78 is 10.4. The van der Waals surface area contributed by atoms with Crippen molar-refractivity contribution in [3.8, 4) is 5.75 Å². The molecule has 2 saturated heterocycles. The molecule has 2 fully saturated rings. The van der Waals surface area contributed by atoms with Crippen molar-refractivity contribution in [3.63, 3.8) is 0 Å². The van der Waals surface area contributed by atoms with Crippen LogP contribution in [0.2, 0.25) is 0 Å². The number of likely N-dealkylation sites (N-methyl/N-ethyl adjacent to an activating group) is 1. The van der Waals surface area contributed by atoms with Gasteiger partial charge < -0.3 is 14.4 Å². The fraction of sp³-hybridized carbons (Fsp3) is 0.350. The van der Waals surface area contributed by atoms with E-state index < -0.39 is 10.9 Å². The van der Waals surface area contributed by atoms with Gasteiger partial charge in [-0.15, -0.1) is 0 Å². The Morgan fingerprint density at radius 1 is 1.21 bits per heavy atom. The van der Waals surface area contributed by atoms with Gasteiger partial charge in [-0.1, -0.05) is 24.3 Å². The fourth-order valence-corrected chi connectivity index (χ4v) is 5.00. The maximum Gasteiger partial charge on any atom is 0.289 e. The van der Waals surface area contributed by atoms with Crippen LogP contribution in [0.1, 0.15) is 5.56 Å². The van der Waals surface area contributed by atoms with Gasteiger partial charge in [-0.2, -0.15) is 0 Å². The Hall–Kier alpha value is -2.58. The second kappa shape index (κ2) is 7.44. The zero-order chi connectivity index (χ0) is 19.7. The van der Waals surface area contributed by atoms with E-state index in [-0.39, 0.29) is 11.1 Å². The summed E-state index contributed by atoms with van der Waals surface area (Å²) in [6.07, 6.45) is 1.20. The number of nitrogens with zero attached hydrogens (tertiary/aromatic N) is 3. The van der Waals surface area contributed by atoms with Gasteiger partial charge in [0.25, 0.3) is 11.1 Å². The molecule has 1 aromatic carbocycles. The Kier molecular flexibility index (Phi) is 4.99. The van der Waals surface area contributed by atoms with Crippen molar-refractivity contribution < 1.29 is 19.1 Å². The predicted octanol–water partition coefficient (Wildman–Crippen LogP) is 2.52. The molecule has 3 heterocycles. The third kappa shape index (κ3) is 2.93. The highest BCUT2D eigenvalue weighted by Crippen LogP contribution is 2.52. The monoisotopic (exact) mass is 399 g/mol. The van der Waals surface area contributed by atoms with Crippen molar-refractivity contribution in [2.75, 3.05) is 38.8 Å². The molecular formula is C20H21N3O4S. The van der Waals surface area contributed by atoms with Crippen molar-refractivity contribution in [2.24, 2.45) is 0 Å². The van der Waals surface area contributed by atoms with E-state index >= 15 is 0 Å². The van der Waals surface area contributed by atoms with Crippen molar-refractivity contribution >= 4 is 28.7 Å². The summed E-state index contributed by atoms with van der Waals surface area (Å²) in [7, 11) is 3.07. The smallest absolute Gasteiger partial charge is 0.289 e. The molecule has 8 heteroatoms. The number of ether oxygens (including phenoxy) is 2. The van der Waals surface area contributed by atoms with E-state index in [2.05, 4.69) is 9.88 Å². The summed E-state index contributed by atoms with van der Waals surface area (Å²) in [5.41, 5.74) is 0.651. The quantitative estimate of drug-likeness (QED) is 0.782. The number of pyridine rings is 1. The average molecular weight is 399 g/mol. The first-order chi connectivity index (χ1) is 13.6. The lowest BCUT2D eigenvalue weighted by Gasteiger charge is -2.41. The number of methoxy groups -OCH3 is 1. The number of rotatable bonds is 4. The number of hydrogen-bond acceptors (Lipinski definition) is 7. The second-order valence-electron chi connectivity index (χ2n) is 6.66. The number of carbonyl (C=O) groups is 2. The van der Waals surface area contributed by atoms with Gasteiger partial charge in [-0.05, 0) is 30.0 Å². The lowest BCUT2D eigenvalue weighted by atomic mass is 9.89. The minimum absolute atomic E-state index is 0.292. The van der Waals surface area contributed by atoms with Gasteiger partial charge in [0.1, 0.15) is 17.7 Å². The number of carbonyl (C=O) groups excluding carboxylic acids is 2. The third-order valence-corrected chi connectivity index (χ3v) is 6.57. The molecule has 2 aromatic rings. The molecule has 1 aromatic heterocycles. The molecule has 4 rings (SSSR count). The van der Waals surface area contributed by atoms with E-state index in [0.717, 1.165) is 17.6 Å². The Morgan fingerprint density at radius 3 is 2.68 bits per heavy atom. The molecule has 0 bridgehead atoms. The highest BCUT2D eigenvalue weighted by molar-refractivity contribution is 8.15. The normalized spacial score (nSPS) is 25.3. The summed E-state index contributed by atoms with van der Waals surface area (Å²) >= 11 is 1.00. The number of anilines is 1. The van der Waals surface area contributed by atoms with Crippen LogP contribution in [0.5, 0.6) is 5.75 Å². The number of benzene rings is 1. The second-order valence-corrected chi connectivity index (χ2v) is 7.86. The zero-order valence-corrected chi connectivity index (χ0v) is 16.5. The summed E-state index contributed by atoms with van der Waals surface area (Å²) in [5, 5.41) is -0.297. The molecule has 0 saturated carbocycles. The minimum atomic E-state index is -1.20. The van der Waals surface area contributed by atoms with Gasteiger partial charge >= 0.3 is 0 Å². The average Bonchev–Trinajstić information content (AvgIpc) is 2.99. The Morgan fingerprint density at radius 2 is 2.00 bits per heavy atom. The van der Waals surface area contributed by atoms with Crippen LogP contribution in [0.4, 0.5) is 10.6 Å². The van der Waals surface area contributed by atoms with E-state index in [1.54, 1.807) is 19.4 Å². The topological polar surface area (TPSA) is 72.0 Å². The van der Waals surface area contributed by atoms with Gasteiger partial charge in [0, 0.05) is 31.9 Å². The first-order valence-electron chi connectivity index (χ1n) is 9.00. The van der Waals surface area contributed by atoms with Crippen LogP contribution < -0.4 is 9.64 Å². The van der Waals surface area contributed by atoms with Crippen LogP contribution in [0.3, 0.4) is 0 Å². The van der Waals surface area contributed by atoms with Crippen molar-refractivity contribution in [1.82, 2.24) is 9.88 Å². The number of imide groups is 1. The molecule has 2 atom stereocenters. The van der Waals surface area contributed by atoms with Crippen molar-refractivity contribution in [1.29, 1.82) is 0 Å². The van der Waals surface area contributed by atoms with E-state index in [1.165, 1.54) is 11.9 Å². The van der Waals surface area contributed by atoms with Crippen molar-refractivity contribution in [2.45, 2.75) is 10.9 Å². The number of para-hydroxylation sites is 1. The molecule has 2 aliphatic heterocycles. The molecule has 146 valence electrons. The van der Waals surface area contributed by atoms with Crippen molar-refractivity contribution in [3.05, 3.63) is 54.2 Å². The number of morpholine rings is 1. The standard InChI is InChI=1S/C20H21N3O4S/c1-22-18(24)20(28-19(22)25,14-7-3-4-8-15(14)26-2)16-13-23(11-12-27-16)17-9-5-6-10-21-17/h3-10,16H,11-13H2,1-2H3/t16-,20?/m1/s1. The number of thioether (sulfide) groups is 1. The van der Waals surface area contributed by atoms with Gasteiger partial charge in [-0.25, -0.2) is 4.98 Å². The molecule has 0 N–H and O–H groups in total. The molecule has 2 aliphatic rings. The first kappa shape index (κ1) is 18.8. The van der Waals surface area contributed by atoms with Crippen LogP contribution in [-0.2, 0) is 14.3 Å². The van der Waals surface area contributed by atoms with Crippen LogP contribution >= 0.6 is 11.8 Å². The lowest BCUT2D eigenvalue weighted by Crippen LogP contribution is -2.55. The SMILES string of the molecule is COc1ccccc1C1([C@H]2CN(c3ccccn3)CCO2)SC(=O)N(C)C1=O. The highest BCUT2D eigenvalue weighted by atomic mass is 32.2. The number of hydrogen-bond donors (Lipinski definition) is 0. The molecule has 2 amide bonds. The Labute approximate surface area is 167 Å². The minimum Gasteiger partial charge on any atom is -0.496 e. The van der Waals surface area contributed by atoms with Gasteiger partial charge in [-0.3, -0.25) is 14.5 Å². The van der Waals surface area contributed by atoms with E-state index in [9.17, 15) is 9.59 Å². The number of aromatic nitrogens is 1. The maximum absolute atomic E-state index is 13.4. The molecule has 7 nitrogen and oxygen atoms in total. The Balaban J connectivity index is 1.78. The fourth-order valence-electron chi connectivity index (χ4n) is 3.72. The molecule has 28 heavy (non-hydrogen) atoms. The van der Waals surface area contributed by atoms with Crippen LogP contribution in [-0.4, -0.2) is 61.0 Å². The molecular weight excluding hydrogens is 378 g/mol. The predicted molar refractivity (Wildman–Crippen MR) is 107 cm³/mol. The highest BCUT2D eigenvalue weighted by Gasteiger charge is 2.60. The number of amides is 2. The van der Waals surface area contributed by atoms with Crippen LogP contribution in [0.15, 0.2) is 48.7 Å². The Bertz CT molecular complexity index is 894. The first-order valence-corrected chi connectivity index (χ1v) is 9.81. The molecule has 1 unspecified atom stereocenters. The van der Waals surface area contributed by atoms with E-state index in [4.69, 9.17) is 9.47 Å². The summed E-state index contributed by atoms with van der Waals surface area (Å²) in [6.45, 7) is 1.54. The third-order valence-electron chi connectivity index (χ3n) is 5.14. The van der Waals surface area contributed by atoms with Crippen LogP contribution in [0.25, 0.3) is 0 Å². The summed E-state index contributed by atoms with van der Waals surface area (Å²) in [5.74, 6) is 1.09. The van der Waals surface area contributed by atoms with Gasteiger partial charge in [0.05, 0.1) is 13.7 Å².